The molecule has 0 radical (unpaired) electrons. The van der Waals surface area contributed by atoms with Gasteiger partial charge in [-0.1, -0.05) is 0 Å². The topological polar surface area (TPSA) is 57.7 Å². The average molecular weight is 413 g/mol. The van der Waals surface area contributed by atoms with Crippen LogP contribution in [0.5, 0.6) is 5.88 Å². The molecule has 1 aromatic carbocycles. The molecule has 0 spiro atoms. The summed E-state index contributed by atoms with van der Waals surface area (Å²) in [4.78, 5) is 16.4. The minimum atomic E-state index is -2.96. The van der Waals surface area contributed by atoms with Crippen LogP contribution in [-0.2, 0) is 15.9 Å². The van der Waals surface area contributed by atoms with Crippen molar-refractivity contribution in [1.29, 1.82) is 0 Å². The van der Waals surface area contributed by atoms with E-state index in [1.54, 1.807) is 13.8 Å². The lowest BCUT2D eigenvalue weighted by Gasteiger charge is -2.35. The highest BCUT2D eigenvalue weighted by molar-refractivity contribution is 5.90. The Morgan fingerprint density at radius 1 is 1.28 bits per heavy atom. The maximum absolute atomic E-state index is 14.4. The Kier molecular flexibility index (Phi) is 6.07. The number of ether oxygens (including phenoxy) is 3. The van der Waals surface area contributed by atoms with Gasteiger partial charge in [-0.3, -0.25) is 0 Å². The van der Waals surface area contributed by atoms with Gasteiger partial charge in [-0.25, -0.2) is 18.6 Å². The van der Waals surface area contributed by atoms with Gasteiger partial charge in [-0.05, 0) is 50.5 Å². The van der Waals surface area contributed by atoms with E-state index in [1.165, 1.54) is 12.1 Å². The standard InChI is InChI=1S/C20H19F4NO4/c1-3-27-18(26)16-9-14(12-5-4-11(21)8-15(12)22)13-6-7-20(2,10-28-19(23)24)29-17(13)25-16/h4-5,8-9,19H,3,6-7,10H2,1-2H3. The van der Waals surface area contributed by atoms with Crippen molar-refractivity contribution in [3.05, 3.63) is 47.2 Å². The van der Waals surface area contributed by atoms with Crippen molar-refractivity contribution < 1.29 is 36.6 Å². The highest BCUT2D eigenvalue weighted by atomic mass is 19.3. The molecule has 0 saturated heterocycles. The quantitative estimate of drug-likeness (QED) is 0.515. The van der Waals surface area contributed by atoms with E-state index in [-0.39, 0.29) is 23.7 Å². The van der Waals surface area contributed by atoms with Gasteiger partial charge in [0, 0.05) is 17.2 Å². The Balaban J connectivity index is 2.08. The van der Waals surface area contributed by atoms with Gasteiger partial charge in [0.25, 0.3) is 0 Å². The Morgan fingerprint density at radius 3 is 2.69 bits per heavy atom. The SMILES string of the molecule is CCOC(=O)c1cc(-c2ccc(F)cc2F)c2c(n1)OC(C)(COC(F)F)CC2. The van der Waals surface area contributed by atoms with E-state index >= 15 is 0 Å². The summed E-state index contributed by atoms with van der Waals surface area (Å²) in [5, 5.41) is 0. The molecule has 0 bridgehead atoms. The van der Waals surface area contributed by atoms with Crippen molar-refractivity contribution in [2.45, 2.75) is 38.9 Å². The second-order valence-corrected chi connectivity index (χ2v) is 6.81. The monoisotopic (exact) mass is 413 g/mol. The molecule has 1 atom stereocenters. The molecule has 2 aromatic rings. The van der Waals surface area contributed by atoms with Crippen molar-refractivity contribution in [2.24, 2.45) is 0 Å². The third kappa shape index (κ3) is 4.67. The van der Waals surface area contributed by atoms with Gasteiger partial charge in [-0.2, -0.15) is 8.78 Å². The summed E-state index contributed by atoms with van der Waals surface area (Å²) in [6.45, 7) is -0.0604. The van der Waals surface area contributed by atoms with Crippen LogP contribution in [0.4, 0.5) is 17.6 Å². The Labute approximate surface area is 164 Å². The molecule has 9 heteroatoms. The van der Waals surface area contributed by atoms with E-state index in [2.05, 4.69) is 9.72 Å². The number of carbonyl (C=O) groups excluding carboxylic acids is 1. The zero-order chi connectivity index (χ0) is 21.2. The first-order chi connectivity index (χ1) is 13.7. The van der Waals surface area contributed by atoms with E-state index in [9.17, 15) is 22.4 Å². The number of pyridine rings is 1. The highest BCUT2D eigenvalue weighted by Crippen LogP contribution is 2.39. The van der Waals surface area contributed by atoms with E-state index < -0.39 is 36.4 Å². The van der Waals surface area contributed by atoms with Crippen LogP contribution in [0.1, 0.15) is 36.3 Å². The van der Waals surface area contributed by atoms with Crippen LogP contribution in [-0.4, -0.2) is 36.4 Å². The minimum Gasteiger partial charge on any atom is -0.469 e. The molecule has 5 nitrogen and oxygen atoms in total. The summed E-state index contributed by atoms with van der Waals surface area (Å²) in [5.41, 5.74) is -0.400. The van der Waals surface area contributed by atoms with Crippen LogP contribution in [0, 0.1) is 11.6 Å². The first-order valence-corrected chi connectivity index (χ1v) is 8.97. The van der Waals surface area contributed by atoms with Crippen LogP contribution in [0.25, 0.3) is 11.1 Å². The van der Waals surface area contributed by atoms with E-state index in [4.69, 9.17) is 9.47 Å². The molecule has 0 amide bonds. The number of rotatable bonds is 6. The van der Waals surface area contributed by atoms with E-state index in [0.717, 1.165) is 12.1 Å². The number of carbonyl (C=O) groups is 1. The van der Waals surface area contributed by atoms with E-state index in [0.29, 0.717) is 24.0 Å². The van der Waals surface area contributed by atoms with Gasteiger partial charge in [0.15, 0.2) is 5.69 Å². The fourth-order valence-corrected chi connectivity index (χ4v) is 3.15. The predicted molar refractivity (Wildman–Crippen MR) is 94.9 cm³/mol. The number of alkyl halides is 2. The third-order valence-corrected chi connectivity index (χ3v) is 4.55. The zero-order valence-electron chi connectivity index (χ0n) is 15.8. The van der Waals surface area contributed by atoms with Gasteiger partial charge in [0.05, 0.1) is 13.2 Å². The Morgan fingerprint density at radius 2 is 2.03 bits per heavy atom. The largest absolute Gasteiger partial charge is 0.469 e. The predicted octanol–water partition coefficient (Wildman–Crippen LogP) is 4.53. The lowest BCUT2D eigenvalue weighted by Crippen LogP contribution is -2.42. The molecule has 0 N–H and O–H groups in total. The average Bonchev–Trinajstić information content (AvgIpc) is 2.66. The Hall–Kier alpha value is -2.68. The molecule has 1 aromatic heterocycles. The van der Waals surface area contributed by atoms with Gasteiger partial charge in [0.1, 0.15) is 17.2 Å². The molecule has 29 heavy (non-hydrogen) atoms. The molecule has 0 fully saturated rings. The molecule has 0 saturated carbocycles. The summed E-state index contributed by atoms with van der Waals surface area (Å²) in [7, 11) is 0. The fraction of sp³-hybridized carbons (Fsp3) is 0.400. The maximum atomic E-state index is 14.4. The number of halogens is 4. The molecule has 1 aliphatic heterocycles. The van der Waals surface area contributed by atoms with Crippen molar-refractivity contribution >= 4 is 5.97 Å². The van der Waals surface area contributed by atoms with Crippen LogP contribution >= 0.6 is 0 Å². The molecular weight excluding hydrogens is 394 g/mol. The lowest BCUT2D eigenvalue weighted by molar-refractivity contribution is -0.164. The van der Waals surface area contributed by atoms with Crippen LogP contribution in [0.3, 0.4) is 0 Å². The van der Waals surface area contributed by atoms with Crippen molar-refractivity contribution in [3.63, 3.8) is 0 Å². The second kappa shape index (κ2) is 8.36. The molecule has 0 aliphatic carbocycles. The fourth-order valence-electron chi connectivity index (χ4n) is 3.15. The molecule has 1 aliphatic rings. The number of fused-ring (bicyclic) bond motifs is 1. The van der Waals surface area contributed by atoms with Gasteiger partial charge in [-0.15, -0.1) is 0 Å². The van der Waals surface area contributed by atoms with Crippen LogP contribution in [0.15, 0.2) is 24.3 Å². The van der Waals surface area contributed by atoms with E-state index in [1.807, 2.05) is 0 Å². The molecule has 2 heterocycles. The molecule has 3 rings (SSSR count). The zero-order valence-corrected chi connectivity index (χ0v) is 15.8. The summed E-state index contributed by atoms with van der Waals surface area (Å²) >= 11 is 0. The van der Waals surface area contributed by atoms with Gasteiger partial charge < -0.3 is 14.2 Å². The Bertz CT molecular complexity index is 922. The second-order valence-electron chi connectivity index (χ2n) is 6.81. The number of aromatic nitrogens is 1. The van der Waals surface area contributed by atoms with Gasteiger partial charge in [0.2, 0.25) is 5.88 Å². The smallest absolute Gasteiger partial charge is 0.357 e. The number of nitrogens with zero attached hydrogens (tertiary/aromatic N) is 1. The lowest BCUT2D eigenvalue weighted by atomic mass is 9.89. The number of benzene rings is 1. The summed E-state index contributed by atoms with van der Waals surface area (Å²) < 4.78 is 67.8. The highest BCUT2D eigenvalue weighted by Gasteiger charge is 2.36. The number of esters is 1. The minimum absolute atomic E-state index is 0.000828. The first kappa shape index (κ1) is 21.0. The number of hydrogen-bond donors (Lipinski definition) is 0. The molecule has 156 valence electrons. The maximum Gasteiger partial charge on any atom is 0.357 e. The van der Waals surface area contributed by atoms with Crippen molar-refractivity contribution in [3.8, 4) is 17.0 Å². The summed E-state index contributed by atoms with van der Waals surface area (Å²) in [5.74, 6) is -2.31. The van der Waals surface area contributed by atoms with Crippen LogP contribution in [0.2, 0.25) is 0 Å². The van der Waals surface area contributed by atoms with Gasteiger partial charge >= 0.3 is 12.6 Å². The van der Waals surface area contributed by atoms with Crippen LogP contribution < -0.4 is 4.74 Å². The normalized spacial score (nSPS) is 18.3. The number of hydrogen-bond acceptors (Lipinski definition) is 5. The van der Waals surface area contributed by atoms with Crippen molar-refractivity contribution in [1.82, 2.24) is 4.98 Å². The third-order valence-electron chi connectivity index (χ3n) is 4.55. The summed E-state index contributed by atoms with van der Waals surface area (Å²) in [6, 6.07) is 4.44. The first-order valence-electron chi connectivity index (χ1n) is 8.97. The molecule has 1 unspecified atom stereocenters. The molecular formula is C20H19F4NO4. The van der Waals surface area contributed by atoms with Crippen molar-refractivity contribution in [2.75, 3.05) is 13.2 Å². The summed E-state index contributed by atoms with van der Waals surface area (Å²) in [6.07, 6.45) is 0.601.